The van der Waals surface area contributed by atoms with Crippen molar-refractivity contribution in [3.63, 3.8) is 0 Å². The van der Waals surface area contributed by atoms with Gasteiger partial charge in [0.25, 0.3) is 5.91 Å². The fraction of sp³-hybridized carbons (Fsp3) is 0.333. The molecule has 1 fully saturated rings. The van der Waals surface area contributed by atoms with Crippen LogP contribution in [-0.4, -0.2) is 56.4 Å². The summed E-state index contributed by atoms with van der Waals surface area (Å²) >= 11 is 6.13. The number of nitrogens with zero attached hydrogens (tertiary/aromatic N) is 1. The molecule has 1 aliphatic heterocycles. The Bertz CT molecular complexity index is 1040. The van der Waals surface area contributed by atoms with Gasteiger partial charge in [-0.1, -0.05) is 41.9 Å². The third kappa shape index (κ3) is 5.52. The molecule has 3 rings (SSSR count). The first-order chi connectivity index (χ1) is 14.3. The molecule has 7 nitrogen and oxygen atoms in total. The van der Waals surface area contributed by atoms with Gasteiger partial charge in [-0.05, 0) is 24.6 Å². The summed E-state index contributed by atoms with van der Waals surface area (Å²) in [6.07, 6.45) is 0.386. The second kappa shape index (κ2) is 9.49. The number of esters is 1. The smallest absolute Gasteiger partial charge is 0.342 e. The van der Waals surface area contributed by atoms with Gasteiger partial charge in [0.2, 0.25) is 0 Å². The average Bonchev–Trinajstić information content (AvgIpc) is 3.10. The minimum absolute atomic E-state index is 0.0607. The van der Waals surface area contributed by atoms with Gasteiger partial charge < -0.3 is 14.4 Å². The predicted octanol–water partition coefficient (Wildman–Crippen LogP) is 2.72. The lowest BCUT2D eigenvalue weighted by Gasteiger charge is -2.23. The number of hydrogen-bond donors (Lipinski definition) is 0. The molecule has 2 aromatic rings. The van der Waals surface area contributed by atoms with Crippen LogP contribution in [0, 0.1) is 0 Å². The van der Waals surface area contributed by atoms with Crippen LogP contribution in [0.2, 0.25) is 5.02 Å². The van der Waals surface area contributed by atoms with E-state index >= 15 is 0 Å². The fourth-order valence-corrected chi connectivity index (χ4v) is 5.09. The molecule has 2 aromatic carbocycles. The number of ether oxygens (including phenoxy) is 2. The molecule has 9 heteroatoms. The largest absolute Gasteiger partial charge is 0.488 e. The summed E-state index contributed by atoms with van der Waals surface area (Å²) in [6, 6.07) is 13.4. The van der Waals surface area contributed by atoms with Crippen LogP contribution in [0.25, 0.3) is 0 Å². The maximum atomic E-state index is 12.5. The molecular formula is C21H22ClNO6S. The van der Waals surface area contributed by atoms with Crippen LogP contribution < -0.4 is 4.74 Å². The zero-order valence-electron chi connectivity index (χ0n) is 16.4. The van der Waals surface area contributed by atoms with E-state index in [1.54, 1.807) is 30.3 Å². The maximum Gasteiger partial charge on any atom is 0.342 e. The zero-order chi connectivity index (χ0) is 21.7. The quantitative estimate of drug-likeness (QED) is 0.601. The van der Waals surface area contributed by atoms with Crippen LogP contribution in [0.3, 0.4) is 0 Å². The van der Waals surface area contributed by atoms with Crippen molar-refractivity contribution in [2.45, 2.75) is 19.1 Å². The van der Waals surface area contributed by atoms with Crippen LogP contribution in [0.5, 0.6) is 5.75 Å². The first-order valence-corrected chi connectivity index (χ1v) is 11.6. The molecule has 160 valence electrons. The Hall–Kier alpha value is -2.58. The highest BCUT2D eigenvalue weighted by Gasteiger charge is 2.33. The molecule has 30 heavy (non-hydrogen) atoms. The number of amides is 1. The van der Waals surface area contributed by atoms with Crippen molar-refractivity contribution >= 4 is 33.3 Å². The van der Waals surface area contributed by atoms with Crippen LogP contribution in [0.1, 0.15) is 22.3 Å². The second-order valence-electron chi connectivity index (χ2n) is 7.01. The molecule has 1 amide bonds. The van der Waals surface area contributed by atoms with Crippen molar-refractivity contribution in [1.29, 1.82) is 0 Å². The van der Waals surface area contributed by atoms with Gasteiger partial charge in [0.15, 0.2) is 16.4 Å². The molecule has 0 saturated carbocycles. The lowest BCUT2D eigenvalue weighted by Crippen LogP contribution is -2.40. The Morgan fingerprint density at radius 2 is 1.83 bits per heavy atom. The van der Waals surface area contributed by atoms with E-state index in [0.29, 0.717) is 17.2 Å². The van der Waals surface area contributed by atoms with E-state index in [1.807, 2.05) is 18.2 Å². The van der Waals surface area contributed by atoms with Crippen LogP contribution >= 0.6 is 11.6 Å². The molecule has 0 bridgehead atoms. The Labute approximate surface area is 180 Å². The molecule has 1 aliphatic rings. The Kier molecular flexibility index (Phi) is 6.99. The Balaban J connectivity index is 1.59. The van der Waals surface area contributed by atoms with Gasteiger partial charge in [0.05, 0.1) is 11.5 Å². The lowest BCUT2D eigenvalue weighted by atomic mass is 10.2. The normalized spacial score (nSPS) is 17.3. The van der Waals surface area contributed by atoms with Crippen molar-refractivity contribution in [2.24, 2.45) is 0 Å². The predicted molar refractivity (Wildman–Crippen MR) is 112 cm³/mol. The maximum absolute atomic E-state index is 12.5. The summed E-state index contributed by atoms with van der Waals surface area (Å²) in [7, 11) is -1.60. The fourth-order valence-electron chi connectivity index (χ4n) is 3.12. The van der Waals surface area contributed by atoms with Crippen LogP contribution in [0.15, 0.2) is 48.5 Å². The Morgan fingerprint density at radius 1 is 1.13 bits per heavy atom. The number of likely N-dealkylation sites (N-methyl/N-ethyl adjacent to an activating group) is 1. The molecule has 1 heterocycles. The SMILES string of the molecule is CN(C(=O)COC(=O)c1ccccc1OCc1ccccc1Cl)[C@@H]1CCS(=O)(=O)C1. The molecular weight excluding hydrogens is 430 g/mol. The van der Waals surface area contributed by atoms with Gasteiger partial charge in [-0.3, -0.25) is 4.79 Å². The molecule has 0 aromatic heterocycles. The number of halogens is 1. The standard InChI is InChI=1S/C21H22ClNO6S/c1-23(16-10-11-30(26,27)14-16)20(24)13-29-21(25)17-7-3-5-9-19(17)28-12-15-6-2-4-8-18(15)22/h2-9,16H,10-14H2,1H3/t16-/m1/s1. The number of para-hydroxylation sites is 1. The van der Waals surface area contributed by atoms with E-state index in [2.05, 4.69) is 0 Å². The number of hydrogen-bond acceptors (Lipinski definition) is 6. The van der Waals surface area contributed by atoms with Crippen molar-refractivity contribution < 1.29 is 27.5 Å². The lowest BCUT2D eigenvalue weighted by molar-refractivity contribution is -0.134. The third-order valence-electron chi connectivity index (χ3n) is 4.92. The van der Waals surface area contributed by atoms with Gasteiger partial charge in [-0.15, -0.1) is 0 Å². The summed E-state index contributed by atoms with van der Waals surface area (Å²) in [5.41, 5.74) is 0.953. The highest BCUT2D eigenvalue weighted by atomic mass is 35.5. The highest BCUT2D eigenvalue weighted by Crippen LogP contribution is 2.23. The van der Waals surface area contributed by atoms with Gasteiger partial charge in [0.1, 0.15) is 17.9 Å². The van der Waals surface area contributed by atoms with Crippen LogP contribution in [-0.2, 0) is 26.0 Å². The zero-order valence-corrected chi connectivity index (χ0v) is 18.0. The van der Waals surface area contributed by atoms with Gasteiger partial charge >= 0.3 is 5.97 Å². The first-order valence-electron chi connectivity index (χ1n) is 9.35. The highest BCUT2D eigenvalue weighted by molar-refractivity contribution is 7.91. The summed E-state index contributed by atoms with van der Waals surface area (Å²) in [6.45, 7) is -0.313. The summed E-state index contributed by atoms with van der Waals surface area (Å²) in [5.74, 6) is -0.858. The third-order valence-corrected chi connectivity index (χ3v) is 7.04. The van der Waals surface area contributed by atoms with E-state index in [-0.39, 0.29) is 23.7 Å². The van der Waals surface area contributed by atoms with Crippen molar-refractivity contribution in [3.8, 4) is 5.75 Å². The van der Waals surface area contributed by atoms with Gasteiger partial charge in [-0.25, -0.2) is 13.2 Å². The molecule has 0 N–H and O–H groups in total. The number of carbonyl (C=O) groups is 2. The monoisotopic (exact) mass is 451 g/mol. The molecule has 0 unspecified atom stereocenters. The van der Waals surface area contributed by atoms with Crippen molar-refractivity contribution in [3.05, 3.63) is 64.7 Å². The van der Waals surface area contributed by atoms with Crippen LogP contribution in [0.4, 0.5) is 0 Å². The minimum atomic E-state index is -3.11. The molecule has 1 saturated heterocycles. The molecule has 0 spiro atoms. The molecule has 1 atom stereocenters. The average molecular weight is 452 g/mol. The van der Waals surface area contributed by atoms with E-state index in [1.165, 1.54) is 11.9 Å². The van der Waals surface area contributed by atoms with Crippen molar-refractivity contribution in [2.75, 3.05) is 25.2 Å². The number of rotatable bonds is 7. The summed E-state index contributed by atoms with van der Waals surface area (Å²) in [5, 5.41) is 0.556. The first kappa shape index (κ1) is 22.1. The van der Waals surface area contributed by atoms with E-state index < -0.39 is 34.4 Å². The van der Waals surface area contributed by atoms with Gasteiger partial charge in [0, 0.05) is 23.7 Å². The molecule has 0 aliphatic carbocycles. The number of carbonyl (C=O) groups excluding carboxylic acids is 2. The second-order valence-corrected chi connectivity index (χ2v) is 9.65. The summed E-state index contributed by atoms with van der Waals surface area (Å²) in [4.78, 5) is 26.1. The van der Waals surface area contributed by atoms with Crippen molar-refractivity contribution in [1.82, 2.24) is 4.90 Å². The topological polar surface area (TPSA) is 90.0 Å². The van der Waals surface area contributed by atoms with E-state index in [9.17, 15) is 18.0 Å². The van der Waals surface area contributed by atoms with Gasteiger partial charge in [-0.2, -0.15) is 0 Å². The Morgan fingerprint density at radius 3 is 2.53 bits per heavy atom. The summed E-state index contributed by atoms with van der Waals surface area (Å²) < 4.78 is 34.1. The number of sulfone groups is 1. The minimum Gasteiger partial charge on any atom is -0.488 e. The van der Waals surface area contributed by atoms with E-state index in [0.717, 1.165) is 5.56 Å². The number of benzene rings is 2. The van der Waals surface area contributed by atoms with E-state index in [4.69, 9.17) is 21.1 Å². The molecule has 0 radical (unpaired) electrons.